The van der Waals surface area contributed by atoms with Crippen LogP contribution in [0.15, 0.2) is 48.5 Å². The number of nitrogens with zero attached hydrogens (tertiary/aromatic N) is 2. The molecule has 2 fully saturated rings. The normalized spacial score (nSPS) is 22.0. The number of amides is 1. The molecule has 0 aromatic heterocycles. The van der Waals surface area contributed by atoms with E-state index in [1.54, 1.807) is 12.1 Å². The number of piperazine rings is 1. The van der Waals surface area contributed by atoms with E-state index < -0.39 is 6.04 Å². The molecule has 154 valence electrons. The molecule has 8 heteroatoms. The third kappa shape index (κ3) is 4.34. The van der Waals surface area contributed by atoms with Gasteiger partial charge in [-0.25, -0.2) is 15.2 Å². The lowest BCUT2D eigenvalue weighted by atomic mass is 10.1. The van der Waals surface area contributed by atoms with Gasteiger partial charge in [-0.3, -0.25) is 4.79 Å². The third-order valence-electron chi connectivity index (χ3n) is 5.52. The summed E-state index contributed by atoms with van der Waals surface area (Å²) in [7, 11) is 0. The monoisotopic (exact) mass is 398 g/mol. The number of benzene rings is 2. The Hall–Kier alpha value is -2.68. The lowest BCUT2D eigenvalue weighted by Gasteiger charge is -2.37. The zero-order valence-corrected chi connectivity index (χ0v) is 16.5. The summed E-state index contributed by atoms with van der Waals surface area (Å²) in [4.78, 5) is 16.9. The maximum Gasteiger partial charge on any atom is 0.244 e. The number of aryl methyl sites for hydroxylation is 1. The van der Waals surface area contributed by atoms with Crippen molar-refractivity contribution >= 4 is 17.3 Å². The molecule has 2 aromatic rings. The van der Waals surface area contributed by atoms with E-state index in [1.165, 1.54) is 11.6 Å². The summed E-state index contributed by atoms with van der Waals surface area (Å²) in [6.07, 6.45) is 0.713. The zero-order chi connectivity index (χ0) is 20.2. The van der Waals surface area contributed by atoms with Crippen LogP contribution < -0.4 is 26.6 Å². The van der Waals surface area contributed by atoms with E-state index >= 15 is 0 Å². The average molecular weight is 398 g/mol. The third-order valence-corrected chi connectivity index (χ3v) is 5.52. The van der Waals surface area contributed by atoms with Crippen molar-refractivity contribution in [1.29, 1.82) is 0 Å². The van der Waals surface area contributed by atoms with Crippen LogP contribution in [0.2, 0.25) is 0 Å². The van der Waals surface area contributed by atoms with Gasteiger partial charge in [-0.1, -0.05) is 31.2 Å². The van der Waals surface area contributed by atoms with Gasteiger partial charge in [-0.15, -0.1) is 0 Å². The Morgan fingerprint density at radius 1 is 1.07 bits per heavy atom. The van der Waals surface area contributed by atoms with Crippen molar-refractivity contribution < 1.29 is 9.18 Å². The van der Waals surface area contributed by atoms with Crippen LogP contribution in [0.5, 0.6) is 0 Å². The average Bonchev–Trinajstić information content (AvgIpc) is 3.22. The van der Waals surface area contributed by atoms with E-state index in [1.807, 2.05) is 28.0 Å². The van der Waals surface area contributed by atoms with Gasteiger partial charge in [0.1, 0.15) is 18.0 Å². The van der Waals surface area contributed by atoms with Crippen LogP contribution in [0.4, 0.5) is 15.8 Å². The summed E-state index contributed by atoms with van der Waals surface area (Å²) in [5.41, 5.74) is 11.7. The molecule has 2 aliphatic heterocycles. The number of anilines is 2. The summed E-state index contributed by atoms with van der Waals surface area (Å²) >= 11 is 0. The number of para-hydroxylation sites is 1. The van der Waals surface area contributed by atoms with Crippen molar-refractivity contribution in [2.24, 2.45) is 0 Å². The maximum atomic E-state index is 14.0. The molecule has 0 radical (unpaired) electrons. The van der Waals surface area contributed by atoms with Gasteiger partial charge in [-0.05, 0) is 36.2 Å². The quantitative estimate of drug-likeness (QED) is 0.611. The van der Waals surface area contributed by atoms with E-state index in [9.17, 15) is 9.18 Å². The number of carbonyl (C=O) groups excluding carboxylic acids is 1. The highest BCUT2D eigenvalue weighted by molar-refractivity contribution is 5.83. The van der Waals surface area contributed by atoms with E-state index in [2.05, 4.69) is 40.8 Å². The Labute approximate surface area is 170 Å². The first kappa shape index (κ1) is 19.6. The summed E-state index contributed by atoms with van der Waals surface area (Å²) in [5.74, 6) is -0.213. The Morgan fingerprint density at radius 3 is 2.48 bits per heavy atom. The standard InChI is InChI=1S/C21H27FN6O/c1-2-15-7-9-16(10-8-15)23-20-19(24-26-25-20)21(29)28-13-11-27(12-14-28)18-6-4-3-5-17(18)22/h3-10,19-20,23-26H,2,11-14H2,1H3. The highest BCUT2D eigenvalue weighted by Crippen LogP contribution is 2.21. The highest BCUT2D eigenvalue weighted by atomic mass is 19.1. The fraction of sp³-hybridized carbons (Fsp3) is 0.381. The minimum Gasteiger partial charge on any atom is -0.367 e. The van der Waals surface area contributed by atoms with Crippen LogP contribution in [0.25, 0.3) is 0 Å². The smallest absolute Gasteiger partial charge is 0.244 e. The SMILES string of the molecule is CCc1ccc(NC2NNNC2C(=O)N2CCN(c3ccccc3F)CC2)cc1. The minimum atomic E-state index is -0.444. The van der Waals surface area contributed by atoms with Gasteiger partial charge in [0, 0.05) is 31.9 Å². The van der Waals surface area contributed by atoms with E-state index in [4.69, 9.17) is 0 Å². The van der Waals surface area contributed by atoms with Gasteiger partial charge in [0.2, 0.25) is 5.91 Å². The van der Waals surface area contributed by atoms with E-state index in [0.29, 0.717) is 31.9 Å². The predicted molar refractivity (Wildman–Crippen MR) is 112 cm³/mol. The molecule has 2 unspecified atom stereocenters. The van der Waals surface area contributed by atoms with Gasteiger partial charge < -0.3 is 15.1 Å². The summed E-state index contributed by atoms with van der Waals surface area (Å²) in [6, 6.07) is 14.5. The molecular formula is C21H27FN6O. The van der Waals surface area contributed by atoms with E-state index in [0.717, 1.165) is 12.1 Å². The minimum absolute atomic E-state index is 0.0124. The molecule has 0 bridgehead atoms. The molecule has 0 saturated carbocycles. The van der Waals surface area contributed by atoms with Crippen LogP contribution in [0, 0.1) is 5.82 Å². The van der Waals surface area contributed by atoms with Crippen LogP contribution >= 0.6 is 0 Å². The van der Waals surface area contributed by atoms with Crippen molar-refractivity contribution in [2.75, 3.05) is 36.4 Å². The largest absolute Gasteiger partial charge is 0.367 e. The number of hydrazine groups is 2. The van der Waals surface area contributed by atoms with Gasteiger partial charge >= 0.3 is 0 Å². The number of rotatable bonds is 5. The van der Waals surface area contributed by atoms with Crippen LogP contribution in [-0.4, -0.2) is 49.2 Å². The topological polar surface area (TPSA) is 71.7 Å². The van der Waals surface area contributed by atoms with Crippen molar-refractivity contribution in [3.05, 3.63) is 59.9 Å². The Bertz CT molecular complexity index is 837. The van der Waals surface area contributed by atoms with Gasteiger partial charge in [0.15, 0.2) is 0 Å². The molecule has 2 aliphatic rings. The molecular weight excluding hydrogens is 371 g/mol. The van der Waals surface area contributed by atoms with Crippen LogP contribution in [0.3, 0.4) is 0 Å². The van der Waals surface area contributed by atoms with Gasteiger partial charge in [-0.2, -0.15) is 5.53 Å². The summed E-state index contributed by atoms with van der Waals surface area (Å²) in [6.45, 7) is 4.45. The first-order valence-electron chi connectivity index (χ1n) is 10.1. The number of hydrogen-bond donors (Lipinski definition) is 4. The fourth-order valence-electron chi connectivity index (χ4n) is 3.78. The molecule has 4 rings (SSSR count). The molecule has 7 nitrogen and oxygen atoms in total. The second-order valence-corrected chi connectivity index (χ2v) is 7.33. The fourth-order valence-corrected chi connectivity index (χ4v) is 3.78. The number of carbonyl (C=O) groups is 1. The second-order valence-electron chi connectivity index (χ2n) is 7.33. The van der Waals surface area contributed by atoms with Crippen molar-refractivity contribution in [3.8, 4) is 0 Å². The molecule has 1 amide bonds. The van der Waals surface area contributed by atoms with E-state index in [-0.39, 0.29) is 17.9 Å². The molecule has 2 aromatic carbocycles. The van der Waals surface area contributed by atoms with Gasteiger partial charge in [0.05, 0.1) is 5.69 Å². The van der Waals surface area contributed by atoms with Gasteiger partial charge in [0.25, 0.3) is 0 Å². The number of nitrogens with one attached hydrogen (secondary N) is 4. The zero-order valence-electron chi connectivity index (χ0n) is 16.5. The summed E-state index contributed by atoms with van der Waals surface area (Å²) < 4.78 is 14.0. The molecule has 0 spiro atoms. The second kappa shape index (κ2) is 8.77. The first-order chi connectivity index (χ1) is 14.2. The van der Waals surface area contributed by atoms with Crippen molar-refractivity contribution in [2.45, 2.75) is 25.6 Å². The molecule has 4 N–H and O–H groups in total. The lowest BCUT2D eigenvalue weighted by Crippen LogP contribution is -2.57. The number of halogens is 1. The molecule has 29 heavy (non-hydrogen) atoms. The maximum absolute atomic E-state index is 14.0. The summed E-state index contributed by atoms with van der Waals surface area (Å²) in [5, 5.41) is 3.36. The Balaban J connectivity index is 1.35. The molecule has 2 saturated heterocycles. The van der Waals surface area contributed by atoms with Crippen molar-refractivity contribution in [1.82, 2.24) is 21.3 Å². The predicted octanol–water partition coefficient (Wildman–Crippen LogP) is 1.46. The molecule has 2 heterocycles. The molecule has 0 aliphatic carbocycles. The first-order valence-corrected chi connectivity index (χ1v) is 10.1. The number of hydrogen-bond acceptors (Lipinski definition) is 6. The lowest BCUT2D eigenvalue weighted by molar-refractivity contribution is -0.133. The van der Waals surface area contributed by atoms with Crippen molar-refractivity contribution in [3.63, 3.8) is 0 Å². The molecule has 2 atom stereocenters. The van der Waals surface area contributed by atoms with Crippen LogP contribution in [-0.2, 0) is 11.2 Å². The Kier molecular flexibility index (Phi) is 5.94. The Morgan fingerprint density at radius 2 is 1.79 bits per heavy atom. The van der Waals surface area contributed by atoms with Crippen LogP contribution in [0.1, 0.15) is 12.5 Å². The highest BCUT2D eigenvalue weighted by Gasteiger charge is 2.36.